The Bertz CT molecular complexity index is 995. The van der Waals surface area contributed by atoms with Crippen LogP contribution >= 0.6 is 0 Å². The summed E-state index contributed by atoms with van der Waals surface area (Å²) in [7, 11) is 1.82. The number of benzene rings is 1. The molecule has 1 saturated carbocycles. The van der Waals surface area contributed by atoms with E-state index in [1.165, 1.54) is 12.8 Å². The standard InChI is InChI=1S/C20H20N6O/c1-25(20(27)18-10-21-16-4-2-3-5-17(16)22-18)14-11-26(12-14)19-9-8-15(23-24-19)13-6-7-13/h2-5,8-10,13-14H,6-7,11-12H2,1H3. The van der Waals surface area contributed by atoms with Gasteiger partial charge in [-0.1, -0.05) is 12.1 Å². The first-order valence-corrected chi connectivity index (χ1v) is 9.26. The Morgan fingerprint density at radius 3 is 2.56 bits per heavy atom. The summed E-state index contributed by atoms with van der Waals surface area (Å²) in [5.41, 5.74) is 3.00. The van der Waals surface area contributed by atoms with E-state index in [9.17, 15) is 4.79 Å². The highest BCUT2D eigenvalue weighted by molar-refractivity contribution is 5.94. The van der Waals surface area contributed by atoms with E-state index in [-0.39, 0.29) is 11.9 Å². The van der Waals surface area contributed by atoms with E-state index in [1.54, 1.807) is 11.1 Å². The molecule has 2 aliphatic rings. The van der Waals surface area contributed by atoms with Gasteiger partial charge in [0.2, 0.25) is 0 Å². The van der Waals surface area contributed by atoms with E-state index in [0.29, 0.717) is 11.6 Å². The summed E-state index contributed by atoms with van der Waals surface area (Å²) < 4.78 is 0. The Labute approximate surface area is 157 Å². The maximum absolute atomic E-state index is 12.8. The number of anilines is 1. The molecule has 5 rings (SSSR count). The lowest BCUT2D eigenvalue weighted by molar-refractivity contribution is 0.0699. The number of carbonyl (C=O) groups is 1. The van der Waals surface area contributed by atoms with Crippen LogP contribution in [-0.4, -0.2) is 57.2 Å². The van der Waals surface area contributed by atoms with Crippen LogP contribution in [0.15, 0.2) is 42.6 Å². The Morgan fingerprint density at radius 1 is 1.07 bits per heavy atom. The van der Waals surface area contributed by atoms with E-state index >= 15 is 0 Å². The zero-order chi connectivity index (χ0) is 18.4. The molecule has 3 aromatic rings. The average Bonchev–Trinajstić information content (AvgIpc) is 3.51. The monoisotopic (exact) mass is 360 g/mol. The first-order valence-electron chi connectivity index (χ1n) is 9.26. The van der Waals surface area contributed by atoms with Crippen molar-refractivity contribution in [2.75, 3.05) is 25.0 Å². The van der Waals surface area contributed by atoms with Crippen molar-refractivity contribution in [3.63, 3.8) is 0 Å². The molecule has 1 amide bonds. The number of hydrogen-bond acceptors (Lipinski definition) is 6. The van der Waals surface area contributed by atoms with Crippen molar-refractivity contribution in [3.8, 4) is 0 Å². The molecule has 0 N–H and O–H groups in total. The summed E-state index contributed by atoms with van der Waals surface area (Å²) in [6, 6.07) is 11.8. The predicted molar refractivity (Wildman–Crippen MR) is 102 cm³/mol. The van der Waals surface area contributed by atoms with Gasteiger partial charge in [-0.25, -0.2) is 4.98 Å². The Hall–Kier alpha value is -3.09. The SMILES string of the molecule is CN(C(=O)c1cnc2ccccc2n1)C1CN(c2ccc(C3CC3)nn2)C1. The van der Waals surface area contributed by atoms with Crippen molar-refractivity contribution in [1.82, 2.24) is 25.1 Å². The molecule has 0 unspecified atom stereocenters. The second kappa shape index (κ2) is 6.26. The summed E-state index contributed by atoms with van der Waals surface area (Å²) in [6.07, 6.45) is 4.01. The van der Waals surface area contributed by atoms with Crippen LogP contribution < -0.4 is 4.90 Å². The van der Waals surface area contributed by atoms with Crippen molar-refractivity contribution in [3.05, 3.63) is 54.0 Å². The molecular weight excluding hydrogens is 340 g/mol. The van der Waals surface area contributed by atoms with Gasteiger partial charge in [-0.2, -0.15) is 5.10 Å². The number of para-hydroxylation sites is 2. The zero-order valence-electron chi connectivity index (χ0n) is 15.1. The summed E-state index contributed by atoms with van der Waals surface area (Å²) >= 11 is 0. The number of amides is 1. The summed E-state index contributed by atoms with van der Waals surface area (Å²) in [5.74, 6) is 1.39. The first kappa shape index (κ1) is 16.1. The molecule has 0 atom stereocenters. The van der Waals surface area contributed by atoms with Gasteiger partial charge in [-0.05, 0) is 37.1 Å². The molecule has 3 heterocycles. The van der Waals surface area contributed by atoms with Crippen molar-refractivity contribution < 1.29 is 4.79 Å². The minimum absolute atomic E-state index is 0.104. The van der Waals surface area contributed by atoms with Crippen molar-refractivity contribution in [2.24, 2.45) is 0 Å². The van der Waals surface area contributed by atoms with E-state index in [1.807, 2.05) is 37.4 Å². The molecule has 0 bridgehead atoms. The molecule has 2 fully saturated rings. The van der Waals surface area contributed by atoms with E-state index < -0.39 is 0 Å². The van der Waals surface area contributed by atoms with E-state index in [0.717, 1.165) is 35.6 Å². The highest BCUT2D eigenvalue weighted by Crippen LogP contribution is 2.38. The third kappa shape index (κ3) is 2.99. The molecule has 1 aromatic carbocycles. The Morgan fingerprint density at radius 2 is 1.85 bits per heavy atom. The van der Waals surface area contributed by atoms with Gasteiger partial charge < -0.3 is 9.80 Å². The summed E-state index contributed by atoms with van der Waals surface area (Å²) in [4.78, 5) is 25.5. The van der Waals surface area contributed by atoms with Gasteiger partial charge >= 0.3 is 0 Å². The van der Waals surface area contributed by atoms with Crippen LogP contribution in [0.25, 0.3) is 11.0 Å². The molecule has 1 aliphatic carbocycles. The van der Waals surface area contributed by atoms with Gasteiger partial charge in [-0.3, -0.25) is 9.78 Å². The lowest BCUT2D eigenvalue weighted by Gasteiger charge is -2.44. The van der Waals surface area contributed by atoms with Crippen molar-refractivity contribution >= 4 is 22.8 Å². The average molecular weight is 360 g/mol. The van der Waals surface area contributed by atoms with Gasteiger partial charge in [0.25, 0.3) is 5.91 Å². The van der Waals surface area contributed by atoms with Crippen LogP contribution in [0.1, 0.15) is 34.9 Å². The normalized spacial score (nSPS) is 17.0. The van der Waals surface area contributed by atoms with Crippen LogP contribution in [0.4, 0.5) is 5.82 Å². The molecule has 2 aromatic heterocycles. The van der Waals surface area contributed by atoms with Crippen LogP contribution in [0, 0.1) is 0 Å². The lowest BCUT2D eigenvalue weighted by atomic mass is 10.1. The third-order valence-electron chi connectivity index (χ3n) is 5.39. The second-order valence-electron chi connectivity index (χ2n) is 7.31. The minimum Gasteiger partial charge on any atom is -0.351 e. The van der Waals surface area contributed by atoms with Gasteiger partial charge in [-0.15, -0.1) is 5.10 Å². The van der Waals surface area contributed by atoms with E-state index in [2.05, 4.69) is 31.1 Å². The highest BCUT2D eigenvalue weighted by atomic mass is 16.2. The first-order chi connectivity index (χ1) is 13.2. The number of nitrogens with zero attached hydrogens (tertiary/aromatic N) is 6. The molecule has 27 heavy (non-hydrogen) atoms. The quantitative estimate of drug-likeness (QED) is 0.710. The number of likely N-dealkylation sites (N-methyl/N-ethyl adjacent to an activating group) is 1. The fraction of sp³-hybridized carbons (Fsp3) is 0.350. The fourth-order valence-electron chi connectivity index (χ4n) is 3.40. The molecule has 0 radical (unpaired) electrons. The smallest absolute Gasteiger partial charge is 0.274 e. The van der Waals surface area contributed by atoms with Crippen LogP contribution in [-0.2, 0) is 0 Å². The molecule has 136 valence electrons. The maximum Gasteiger partial charge on any atom is 0.274 e. The Kier molecular flexibility index (Phi) is 3.74. The topological polar surface area (TPSA) is 75.1 Å². The van der Waals surface area contributed by atoms with Gasteiger partial charge in [0, 0.05) is 26.1 Å². The van der Waals surface area contributed by atoms with Gasteiger partial charge in [0.15, 0.2) is 5.82 Å². The molecular formula is C20H20N6O. The van der Waals surface area contributed by atoms with E-state index in [4.69, 9.17) is 0 Å². The largest absolute Gasteiger partial charge is 0.351 e. The maximum atomic E-state index is 12.8. The highest BCUT2D eigenvalue weighted by Gasteiger charge is 2.34. The molecule has 7 nitrogen and oxygen atoms in total. The fourth-order valence-corrected chi connectivity index (χ4v) is 3.40. The predicted octanol–water partition coefficient (Wildman–Crippen LogP) is 2.26. The number of fused-ring (bicyclic) bond motifs is 1. The lowest BCUT2D eigenvalue weighted by Crippen LogP contribution is -2.60. The number of rotatable bonds is 4. The van der Waals surface area contributed by atoms with Gasteiger partial charge in [0.1, 0.15) is 5.69 Å². The zero-order valence-corrected chi connectivity index (χ0v) is 15.1. The van der Waals surface area contributed by atoms with Crippen LogP contribution in [0.3, 0.4) is 0 Å². The Balaban J connectivity index is 1.24. The molecule has 1 aliphatic heterocycles. The number of hydrogen-bond donors (Lipinski definition) is 0. The molecule has 7 heteroatoms. The summed E-state index contributed by atoms with van der Waals surface area (Å²) in [5, 5.41) is 8.68. The van der Waals surface area contributed by atoms with Crippen molar-refractivity contribution in [2.45, 2.75) is 24.8 Å². The number of aromatic nitrogens is 4. The molecule has 0 spiro atoms. The second-order valence-corrected chi connectivity index (χ2v) is 7.31. The third-order valence-corrected chi connectivity index (χ3v) is 5.39. The summed E-state index contributed by atoms with van der Waals surface area (Å²) in [6.45, 7) is 1.50. The minimum atomic E-state index is -0.104. The number of carbonyl (C=O) groups excluding carboxylic acids is 1. The van der Waals surface area contributed by atoms with Crippen LogP contribution in [0.2, 0.25) is 0 Å². The van der Waals surface area contributed by atoms with Crippen molar-refractivity contribution in [1.29, 1.82) is 0 Å². The molecule has 1 saturated heterocycles. The van der Waals surface area contributed by atoms with Gasteiger partial charge in [0.05, 0.1) is 29.0 Å². The van der Waals surface area contributed by atoms with Crippen LogP contribution in [0.5, 0.6) is 0 Å².